The second kappa shape index (κ2) is 3.77. The van der Waals surface area contributed by atoms with E-state index in [0.717, 1.165) is 25.0 Å². The molecule has 0 aromatic carbocycles. The van der Waals surface area contributed by atoms with Crippen LogP contribution in [0.4, 0.5) is 0 Å². The average Bonchev–Trinajstić information content (AvgIpc) is 2.50. The van der Waals surface area contributed by atoms with Crippen LogP contribution in [0.2, 0.25) is 0 Å². The van der Waals surface area contributed by atoms with Crippen molar-refractivity contribution in [3.63, 3.8) is 0 Å². The predicted octanol–water partition coefficient (Wildman–Crippen LogP) is 0.661. The number of hydrogen-bond acceptors (Lipinski definition) is 3. The van der Waals surface area contributed by atoms with Crippen molar-refractivity contribution >= 4 is 5.78 Å². The molecule has 0 radical (unpaired) electrons. The number of Topliss-reactive ketones (excluding diaryl/α,β-unsaturated/α-hetero) is 1. The van der Waals surface area contributed by atoms with Gasteiger partial charge in [0.1, 0.15) is 5.78 Å². The van der Waals surface area contributed by atoms with E-state index in [1.54, 1.807) is 4.68 Å². The number of carbonyl (C=O) groups excluding carboxylic acids is 1. The molecule has 82 valence electrons. The first-order valence-corrected chi connectivity index (χ1v) is 5.38. The standard InChI is InChI=1S/C11H17N3O/c1-14-6-3-9(13-14)7-10(15)11(8-12)4-2-5-11/h3,6H,2,4-5,7-8,12H2,1H3. The van der Waals surface area contributed by atoms with Crippen LogP contribution >= 0.6 is 0 Å². The van der Waals surface area contributed by atoms with Crippen LogP contribution in [0.3, 0.4) is 0 Å². The van der Waals surface area contributed by atoms with E-state index in [1.807, 2.05) is 19.3 Å². The number of aromatic nitrogens is 2. The summed E-state index contributed by atoms with van der Waals surface area (Å²) in [7, 11) is 1.86. The zero-order valence-electron chi connectivity index (χ0n) is 9.07. The number of aryl methyl sites for hydroxylation is 1. The molecule has 1 aromatic heterocycles. The fourth-order valence-electron chi connectivity index (χ4n) is 2.11. The number of hydrogen-bond donors (Lipinski definition) is 1. The fraction of sp³-hybridized carbons (Fsp3) is 0.636. The molecule has 1 aliphatic carbocycles. The Morgan fingerprint density at radius 1 is 1.67 bits per heavy atom. The van der Waals surface area contributed by atoms with Gasteiger partial charge in [0.2, 0.25) is 0 Å². The maximum atomic E-state index is 12.0. The number of ketones is 1. The molecule has 2 N–H and O–H groups in total. The minimum atomic E-state index is -0.225. The third kappa shape index (κ3) is 1.81. The maximum Gasteiger partial charge on any atom is 0.146 e. The summed E-state index contributed by atoms with van der Waals surface area (Å²) in [6.45, 7) is 0.485. The number of carbonyl (C=O) groups is 1. The molecule has 0 bridgehead atoms. The van der Waals surface area contributed by atoms with Crippen molar-refractivity contribution in [3.05, 3.63) is 18.0 Å². The molecule has 0 spiro atoms. The van der Waals surface area contributed by atoms with Gasteiger partial charge in [0.25, 0.3) is 0 Å². The molecule has 0 amide bonds. The largest absolute Gasteiger partial charge is 0.329 e. The van der Waals surface area contributed by atoms with E-state index in [4.69, 9.17) is 5.73 Å². The zero-order chi connectivity index (χ0) is 10.9. The number of rotatable bonds is 4. The van der Waals surface area contributed by atoms with Gasteiger partial charge in [-0.2, -0.15) is 5.10 Å². The minimum absolute atomic E-state index is 0.225. The Kier molecular flexibility index (Phi) is 2.61. The highest BCUT2D eigenvalue weighted by Gasteiger charge is 2.42. The molecule has 0 saturated heterocycles. The second-order valence-corrected chi connectivity index (χ2v) is 4.42. The van der Waals surface area contributed by atoms with E-state index in [-0.39, 0.29) is 11.2 Å². The van der Waals surface area contributed by atoms with E-state index >= 15 is 0 Å². The second-order valence-electron chi connectivity index (χ2n) is 4.42. The molecule has 0 unspecified atom stereocenters. The van der Waals surface area contributed by atoms with Crippen molar-refractivity contribution in [1.29, 1.82) is 0 Å². The molecule has 4 nitrogen and oxygen atoms in total. The van der Waals surface area contributed by atoms with Crippen LogP contribution in [0, 0.1) is 5.41 Å². The lowest BCUT2D eigenvalue weighted by molar-refractivity contribution is -0.132. The molecule has 1 aromatic rings. The molecule has 1 fully saturated rings. The highest BCUT2D eigenvalue weighted by molar-refractivity contribution is 5.87. The smallest absolute Gasteiger partial charge is 0.146 e. The van der Waals surface area contributed by atoms with Crippen molar-refractivity contribution in [1.82, 2.24) is 9.78 Å². The molecular formula is C11H17N3O. The molecule has 1 aliphatic rings. The van der Waals surface area contributed by atoms with Gasteiger partial charge in [0.15, 0.2) is 0 Å². The molecule has 4 heteroatoms. The van der Waals surface area contributed by atoms with Crippen molar-refractivity contribution in [2.45, 2.75) is 25.7 Å². The first-order chi connectivity index (χ1) is 7.16. The highest BCUT2D eigenvalue weighted by atomic mass is 16.1. The van der Waals surface area contributed by atoms with Crippen molar-refractivity contribution in [2.24, 2.45) is 18.2 Å². The van der Waals surface area contributed by atoms with Gasteiger partial charge in [-0.25, -0.2) is 0 Å². The van der Waals surface area contributed by atoms with Gasteiger partial charge in [-0.1, -0.05) is 6.42 Å². The summed E-state index contributed by atoms with van der Waals surface area (Å²) in [4.78, 5) is 12.0. The van der Waals surface area contributed by atoms with Crippen LogP contribution in [-0.4, -0.2) is 22.1 Å². The molecular weight excluding hydrogens is 190 g/mol. The molecule has 1 heterocycles. The Labute approximate surface area is 89.5 Å². The zero-order valence-corrected chi connectivity index (χ0v) is 9.07. The van der Waals surface area contributed by atoms with Crippen LogP contribution in [0.15, 0.2) is 12.3 Å². The van der Waals surface area contributed by atoms with Gasteiger partial charge >= 0.3 is 0 Å². The van der Waals surface area contributed by atoms with E-state index in [2.05, 4.69) is 5.10 Å². The number of nitrogens with two attached hydrogens (primary N) is 1. The van der Waals surface area contributed by atoms with E-state index in [0.29, 0.717) is 13.0 Å². The number of nitrogens with zero attached hydrogens (tertiary/aromatic N) is 2. The maximum absolute atomic E-state index is 12.0. The van der Waals surface area contributed by atoms with Gasteiger partial charge in [-0.15, -0.1) is 0 Å². The van der Waals surface area contributed by atoms with Crippen molar-refractivity contribution in [3.8, 4) is 0 Å². The Bertz CT molecular complexity index is 360. The normalized spacial score (nSPS) is 18.5. The summed E-state index contributed by atoms with van der Waals surface area (Å²) in [5, 5.41) is 4.21. The summed E-state index contributed by atoms with van der Waals surface area (Å²) < 4.78 is 1.72. The van der Waals surface area contributed by atoms with Crippen LogP contribution in [0.25, 0.3) is 0 Å². The monoisotopic (exact) mass is 207 g/mol. The summed E-state index contributed by atoms with van der Waals surface area (Å²) in [6, 6.07) is 1.89. The van der Waals surface area contributed by atoms with Crippen LogP contribution in [0.1, 0.15) is 25.0 Å². The van der Waals surface area contributed by atoms with Crippen molar-refractivity contribution in [2.75, 3.05) is 6.54 Å². The summed E-state index contributed by atoms with van der Waals surface area (Å²) in [5.41, 5.74) is 6.31. The Morgan fingerprint density at radius 3 is 2.80 bits per heavy atom. The van der Waals surface area contributed by atoms with Gasteiger partial charge in [-0.3, -0.25) is 9.48 Å². The van der Waals surface area contributed by atoms with Gasteiger partial charge < -0.3 is 5.73 Å². The molecule has 1 saturated carbocycles. The first kappa shape index (κ1) is 10.4. The lowest BCUT2D eigenvalue weighted by Crippen LogP contribution is -2.45. The Hall–Kier alpha value is -1.16. The Morgan fingerprint density at radius 2 is 2.40 bits per heavy atom. The quantitative estimate of drug-likeness (QED) is 0.789. The van der Waals surface area contributed by atoms with Crippen LogP contribution in [-0.2, 0) is 18.3 Å². The Balaban J connectivity index is 2.03. The lowest BCUT2D eigenvalue weighted by atomic mass is 9.65. The summed E-state index contributed by atoms with van der Waals surface area (Å²) in [6.07, 6.45) is 5.33. The van der Waals surface area contributed by atoms with Crippen LogP contribution in [0.5, 0.6) is 0 Å². The van der Waals surface area contributed by atoms with Gasteiger partial charge in [0, 0.05) is 25.2 Å². The third-order valence-electron chi connectivity index (χ3n) is 3.40. The topological polar surface area (TPSA) is 60.9 Å². The summed E-state index contributed by atoms with van der Waals surface area (Å²) in [5.74, 6) is 0.259. The van der Waals surface area contributed by atoms with Gasteiger partial charge in [-0.05, 0) is 18.9 Å². The SMILES string of the molecule is Cn1ccc(CC(=O)C2(CN)CCC2)n1. The lowest BCUT2D eigenvalue weighted by Gasteiger charge is -2.39. The van der Waals surface area contributed by atoms with Gasteiger partial charge in [0.05, 0.1) is 12.1 Å². The highest BCUT2D eigenvalue weighted by Crippen LogP contribution is 2.41. The van der Waals surface area contributed by atoms with Crippen molar-refractivity contribution < 1.29 is 4.79 Å². The first-order valence-electron chi connectivity index (χ1n) is 5.38. The van der Waals surface area contributed by atoms with E-state index in [1.165, 1.54) is 0 Å². The predicted molar refractivity (Wildman–Crippen MR) is 57.3 cm³/mol. The molecule has 15 heavy (non-hydrogen) atoms. The molecule has 0 atom stereocenters. The summed E-state index contributed by atoms with van der Waals surface area (Å²) >= 11 is 0. The van der Waals surface area contributed by atoms with E-state index < -0.39 is 0 Å². The molecule has 0 aliphatic heterocycles. The third-order valence-corrected chi connectivity index (χ3v) is 3.40. The van der Waals surface area contributed by atoms with Crippen LogP contribution < -0.4 is 5.73 Å². The minimum Gasteiger partial charge on any atom is -0.329 e. The fourth-order valence-corrected chi connectivity index (χ4v) is 2.11. The van der Waals surface area contributed by atoms with E-state index in [9.17, 15) is 4.79 Å². The average molecular weight is 207 g/mol. The molecule has 2 rings (SSSR count).